The van der Waals surface area contributed by atoms with Gasteiger partial charge in [0.15, 0.2) is 5.78 Å². The number of carbonyl (C=O) groups excluding carboxylic acids is 1. The van der Waals surface area contributed by atoms with Crippen molar-refractivity contribution in [2.24, 2.45) is 0 Å². The van der Waals surface area contributed by atoms with E-state index in [4.69, 9.17) is 11.6 Å². The lowest BCUT2D eigenvalue weighted by atomic mass is 10.1. The lowest BCUT2D eigenvalue weighted by Gasteiger charge is -1.95. The molecule has 0 fully saturated rings. The van der Waals surface area contributed by atoms with E-state index in [1.165, 1.54) is 11.3 Å². The summed E-state index contributed by atoms with van der Waals surface area (Å²) in [5.41, 5.74) is 1.06. The first-order chi connectivity index (χ1) is 6.77. The van der Waals surface area contributed by atoms with E-state index >= 15 is 0 Å². The second kappa shape index (κ2) is 4.26. The van der Waals surface area contributed by atoms with E-state index in [0.717, 1.165) is 5.56 Å². The van der Waals surface area contributed by atoms with E-state index in [2.05, 4.69) is 0 Å². The van der Waals surface area contributed by atoms with Gasteiger partial charge in [-0.3, -0.25) is 4.79 Å². The molecule has 0 unspecified atom stereocenters. The van der Waals surface area contributed by atoms with E-state index in [9.17, 15) is 4.79 Å². The molecule has 0 bridgehead atoms. The molecule has 1 nitrogen and oxygen atoms in total. The molecule has 2 aromatic heterocycles. The van der Waals surface area contributed by atoms with Gasteiger partial charge in [-0.05, 0) is 33.8 Å². The molecule has 0 N–H and O–H groups in total. The predicted molar refractivity (Wildman–Crippen MR) is 61.7 cm³/mol. The second-order valence-corrected chi connectivity index (χ2v) is 4.93. The number of ketones is 1. The summed E-state index contributed by atoms with van der Waals surface area (Å²) in [6, 6.07) is 3.72. The van der Waals surface area contributed by atoms with Crippen LogP contribution in [0, 0.1) is 0 Å². The van der Waals surface area contributed by atoms with Crippen LogP contribution >= 0.6 is 34.3 Å². The third kappa shape index (κ3) is 2.05. The maximum absolute atomic E-state index is 11.7. The van der Waals surface area contributed by atoms with Crippen LogP contribution < -0.4 is 0 Å². The highest BCUT2D eigenvalue weighted by molar-refractivity contribution is 7.12. The van der Waals surface area contributed by atoms with Gasteiger partial charge in [0.2, 0.25) is 0 Å². The zero-order valence-corrected chi connectivity index (χ0v) is 9.59. The van der Waals surface area contributed by atoms with Gasteiger partial charge >= 0.3 is 0 Å². The first kappa shape index (κ1) is 9.90. The fourth-order valence-electron chi connectivity index (χ4n) is 1.15. The van der Waals surface area contributed by atoms with Crippen LogP contribution in [0.1, 0.15) is 15.2 Å². The van der Waals surface area contributed by atoms with Crippen LogP contribution in [0.4, 0.5) is 0 Å². The SMILES string of the molecule is O=C(Cc1ccsc1)c1sccc1Cl. The molecule has 14 heavy (non-hydrogen) atoms. The third-order valence-electron chi connectivity index (χ3n) is 1.82. The Morgan fingerprint density at radius 1 is 1.36 bits per heavy atom. The summed E-state index contributed by atoms with van der Waals surface area (Å²) in [5, 5.41) is 6.36. The number of rotatable bonds is 3. The van der Waals surface area contributed by atoms with Crippen molar-refractivity contribution in [3.8, 4) is 0 Å². The molecule has 0 aliphatic heterocycles. The van der Waals surface area contributed by atoms with Gasteiger partial charge in [-0.15, -0.1) is 11.3 Å². The average Bonchev–Trinajstić information content (AvgIpc) is 2.75. The molecule has 0 saturated heterocycles. The normalized spacial score (nSPS) is 10.4. The van der Waals surface area contributed by atoms with Gasteiger partial charge in [0.1, 0.15) is 0 Å². The molecule has 2 rings (SSSR count). The number of hydrogen-bond donors (Lipinski definition) is 0. The molecule has 4 heteroatoms. The molecule has 72 valence electrons. The van der Waals surface area contributed by atoms with Crippen molar-refractivity contribution in [2.75, 3.05) is 0 Å². The Labute approximate surface area is 95.0 Å². The summed E-state index contributed by atoms with van der Waals surface area (Å²) in [6.45, 7) is 0. The summed E-state index contributed by atoms with van der Waals surface area (Å²) in [5.74, 6) is 0.100. The van der Waals surface area contributed by atoms with Crippen molar-refractivity contribution in [1.82, 2.24) is 0 Å². The minimum Gasteiger partial charge on any atom is -0.293 e. The van der Waals surface area contributed by atoms with Gasteiger partial charge in [-0.2, -0.15) is 11.3 Å². The van der Waals surface area contributed by atoms with E-state index in [1.807, 2.05) is 22.2 Å². The molecule has 0 spiro atoms. The van der Waals surface area contributed by atoms with E-state index < -0.39 is 0 Å². The molecule has 0 radical (unpaired) electrons. The molecule has 0 aliphatic rings. The molecule has 0 amide bonds. The van der Waals surface area contributed by atoms with E-state index in [-0.39, 0.29) is 5.78 Å². The summed E-state index contributed by atoms with van der Waals surface area (Å²) >= 11 is 8.87. The number of carbonyl (C=O) groups is 1. The van der Waals surface area contributed by atoms with Crippen molar-refractivity contribution in [3.63, 3.8) is 0 Å². The minimum atomic E-state index is 0.100. The lowest BCUT2D eigenvalue weighted by molar-refractivity contribution is 0.0997. The minimum absolute atomic E-state index is 0.100. The monoisotopic (exact) mass is 242 g/mol. The van der Waals surface area contributed by atoms with Crippen LogP contribution in [-0.2, 0) is 6.42 Å². The van der Waals surface area contributed by atoms with Crippen LogP contribution in [0.15, 0.2) is 28.3 Å². The van der Waals surface area contributed by atoms with Crippen LogP contribution in [0.3, 0.4) is 0 Å². The number of thiophene rings is 2. The van der Waals surface area contributed by atoms with Crippen molar-refractivity contribution in [3.05, 3.63) is 43.7 Å². The van der Waals surface area contributed by atoms with Gasteiger partial charge in [0, 0.05) is 6.42 Å². The Morgan fingerprint density at radius 2 is 2.21 bits per heavy atom. The van der Waals surface area contributed by atoms with E-state index in [0.29, 0.717) is 16.3 Å². The highest BCUT2D eigenvalue weighted by atomic mass is 35.5. The maximum atomic E-state index is 11.7. The first-order valence-electron chi connectivity index (χ1n) is 4.04. The van der Waals surface area contributed by atoms with Gasteiger partial charge in [-0.25, -0.2) is 0 Å². The van der Waals surface area contributed by atoms with Crippen molar-refractivity contribution >= 4 is 40.1 Å². The topological polar surface area (TPSA) is 17.1 Å². The number of Topliss-reactive ketones (excluding diaryl/α,β-unsaturated/α-hetero) is 1. The van der Waals surface area contributed by atoms with Crippen molar-refractivity contribution < 1.29 is 4.79 Å². The molecular formula is C10H7ClOS2. The van der Waals surface area contributed by atoms with Gasteiger partial charge in [0.25, 0.3) is 0 Å². The van der Waals surface area contributed by atoms with Gasteiger partial charge in [0.05, 0.1) is 9.90 Å². The molecule has 0 aromatic carbocycles. The van der Waals surface area contributed by atoms with Crippen LogP contribution in [-0.4, -0.2) is 5.78 Å². The highest BCUT2D eigenvalue weighted by Gasteiger charge is 2.12. The average molecular weight is 243 g/mol. The predicted octanol–water partition coefficient (Wildman–Crippen LogP) is 3.89. The number of hydrogen-bond acceptors (Lipinski definition) is 3. The largest absolute Gasteiger partial charge is 0.293 e. The Hall–Kier alpha value is -0.640. The fraction of sp³-hybridized carbons (Fsp3) is 0.100. The maximum Gasteiger partial charge on any atom is 0.178 e. The van der Waals surface area contributed by atoms with Crippen LogP contribution in [0.25, 0.3) is 0 Å². The Morgan fingerprint density at radius 3 is 2.79 bits per heavy atom. The number of halogens is 1. The van der Waals surface area contributed by atoms with Gasteiger partial charge in [-0.1, -0.05) is 11.6 Å². The zero-order valence-electron chi connectivity index (χ0n) is 7.20. The van der Waals surface area contributed by atoms with Crippen molar-refractivity contribution in [1.29, 1.82) is 0 Å². The Kier molecular flexibility index (Phi) is 3.01. The smallest absolute Gasteiger partial charge is 0.178 e. The fourth-order valence-corrected chi connectivity index (χ4v) is 2.92. The van der Waals surface area contributed by atoms with Crippen LogP contribution in [0.2, 0.25) is 5.02 Å². The Bertz CT molecular complexity index is 431. The summed E-state index contributed by atoms with van der Waals surface area (Å²) in [6.07, 6.45) is 0.448. The zero-order chi connectivity index (χ0) is 9.97. The second-order valence-electron chi connectivity index (χ2n) is 2.83. The molecular weight excluding hydrogens is 236 g/mol. The lowest BCUT2D eigenvalue weighted by Crippen LogP contribution is -2.00. The molecule has 0 atom stereocenters. The molecule has 0 aliphatic carbocycles. The van der Waals surface area contributed by atoms with E-state index in [1.54, 1.807) is 17.4 Å². The van der Waals surface area contributed by atoms with Gasteiger partial charge < -0.3 is 0 Å². The standard InChI is InChI=1S/C10H7ClOS2/c11-8-2-4-14-10(8)9(12)5-7-1-3-13-6-7/h1-4,6H,5H2. The molecule has 0 saturated carbocycles. The Balaban J connectivity index is 2.14. The van der Waals surface area contributed by atoms with Crippen LogP contribution in [0.5, 0.6) is 0 Å². The summed E-state index contributed by atoms with van der Waals surface area (Å²) in [7, 11) is 0. The van der Waals surface area contributed by atoms with Crippen molar-refractivity contribution in [2.45, 2.75) is 6.42 Å². The summed E-state index contributed by atoms with van der Waals surface area (Å²) < 4.78 is 0. The quantitative estimate of drug-likeness (QED) is 0.747. The first-order valence-corrected chi connectivity index (χ1v) is 6.24. The third-order valence-corrected chi connectivity index (χ3v) is 3.93. The molecule has 2 aromatic rings. The molecule has 2 heterocycles. The summed E-state index contributed by atoms with van der Waals surface area (Å²) in [4.78, 5) is 12.4. The highest BCUT2D eigenvalue weighted by Crippen LogP contribution is 2.23.